The van der Waals surface area contributed by atoms with Crippen LogP contribution in [-0.2, 0) is 0 Å². The molecule has 19 heavy (non-hydrogen) atoms. The Labute approximate surface area is 115 Å². The molecule has 1 aliphatic rings. The summed E-state index contributed by atoms with van der Waals surface area (Å²) in [7, 11) is 0. The molecular formula is C16H25FN2. The predicted octanol–water partition coefficient (Wildman–Crippen LogP) is 3.78. The van der Waals surface area contributed by atoms with Crippen LogP contribution in [0.1, 0.15) is 50.3 Å². The van der Waals surface area contributed by atoms with Crippen molar-refractivity contribution < 1.29 is 4.39 Å². The number of hydrogen-bond donors (Lipinski definition) is 1. The summed E-state index contributed by atoms with van der Waals surface area (Å²) in [5, 5.41) is 0. The van der Waals surface area contributed by atoms with Gasteiger partial charge in [0.2, 0.25) is 0 Å². The predicted molar refractivity (Wildman–Crippen MR) is 79.0 cm³/mol. The summed E-state index contributed by atoms with van der Waals surface area (Å²) in [5.74, 6) is 0.629. The first-order valence-electron chi connectivity index (χ1n) is 7.29. The molecule has 0 bridgehead atoms. The number of hydrogen-bond acceptors (Lipinski definition) is 2. The molecule has 3 heteroatoms. The lowest BCUT2D eigenvalue weighted by Gasteiger charge is -2.27. The molecule has 1 unspecified atom stereocenters. The Bertz CT molecular complexity index is 443. The lowest BCUT2D eigenvalue weighted by atomic mass is 10.0. The standard InChI is InChI=1S/C16H25FN2/c1-11-5-4-7-19(8-6-11)16-9-12(2)15(17)10-14(16)13(3)18/h9-11,13H,4-8,18H2,1-3H3/t11?,13-/m1/s1. The van der Waals surface area contributed by atoms with Crippen LogP contribution in [-0.4, -0.2) is 13.1 Å². The summed E-state index contributed by atoms with van der Waals surface area (Å²) >= 11 is 0. The van der Waals surface area contributed by atoms with E-state index in [1.165, 1.54) is 19.3 Å². The summed E-state index contributed by atoms with van der Waals surface area (Å²) in [6, 6.07) is 3.44. The van der Waals surface area contributed by atoms with Crippen LogP contribution in [0.4, 0.5) is 10.1 Å². The van der Waals surface area contributed by atoms with Gasteiger partial charge in [-0.25, -0.2) is 4.39 Å². The number of halogens is 1. The molecular weight excluding hydrogens is 239 g/mol. The van der Waals surface area contributed by atoms with Gasteiger partial charge in [0.15, 0.2) is 0 Å². The molecule has 0 spiro atoms. The molecule has 1 heterocycles. The van der Waals surface area contributed by atoms with Crippen molar-refractivity contribution in [1.29, 1.82) is 0 Å². The SMILES string of the molecule is Cc1cc(N2CCCC(C)CC2)c([C@@H](C)N)cc1F. The average molecular weight is 264 g/mol. The third-order valence-corrected chi connectivity index (χ3v) is 4.16. The lowest BCUT2D eigenvalue weighted by Crippen LogP contribution is -2.26. The fourth-order valence-electron chi connectivity index (χ4n) is 2.82. The van der Waals surface area contributed by atoms with Gasteiger partial charge in [0.05, 0.1) is 0 Å². The third kappa shape index (κ3) is 3.27. The molecule has 1 saturated heterocycles. The quantitative estimate of drug-likeness (QED) is 0.880. The molecule has 0 aromatic heterocycles. The van der Waals surface area contributed by atoms with Crippen molar-refractivity contribution in [2.24, 2.45) is 11.7 Å². The minimum absolute atomic E-state index is 0.134. The van der Waals surface area contributed by atoms with Gasteiger partial charge < -0.3 is 10.6 Å². The van der Waals surface area contributed by atoms with Gasteiger partial charge in [-0.3, -0.25) is 0 Å². The highest BCUT2D eigenvalue weighted by Gasteiger charge is 2.19. The van der Waals surface area contributed by atoms with Gasteiger partial charge in [0.1, 0.15) is 5.82 Å². The van der Waals surface area contributed by atoms with E-state index in [0.29, 0.717) is 5.56 Å². The van der Waals surface area contributed by atoms with Gasteiger partial charge >= 0.3 is 0 Å². The second-order valence-electron chi connectivity index (χ2n) is 5.97. The van der Waals surface area contributed by atoms with Crippen molar-refractivity contribution >= 4 is 5.69 Å². The second-order valence-corrected chi connectivity index (χ2v) is 5.97. The average Bonchev–Trinajstić information content (AvgIpc) is 2.57. The monoisotopic (exact) mass is 264 g/mol. The maximum atomic E-state index is 13.8. The van der Waals surface area contributed by atoms with Crippen molar-refractivity contribution in [1.82, 2.24) is 0 Å². The molecule has 2 atom stereocenters. The van der Waals surface area contributed by atoms with Crippen LogP contribution in [0.25, 0.3) is 0 Å². The van der Waals surface area contributed by atoms with Gasteiger partial charge in [-0.2, -0.15) is 0 Å². The van der Waals surface area contributed by atoms with Crippen molar-refractivity contribution in [2.75, 3.05) is 18.0 Å². The Morgan fingerprint density at radius 2 is 2.05 bits per heavy atom. The van der Waals surface area contributed by atoms with Gasteiger partial charge in [0, 0.05) is 24.8 Å². The zero-order valence-corrected chi connectivity index (χ0v) is 12.2. The number of benzene rings is 1. The minimum Gasteiger partial charge on any atom is -0.371 e. The van der Waals surface area contributed by atoms with E-state index in [4.69, 9.17) is 5.73 Å². The molecule has 1 aromatic carbocycles. The van der Waals surface area contributed by atoms with Crippen molar-refractivity contribution in [3.05, 3.63) is 29.1 Å². The third-order valence-electron chi connectivity index (χ3n) is 4.16. The van der Waals surface area contributed by atoms with E-state index in [1.54, 1.807) is 6.07 Å². The normalized spacial score (nSPS) is 22.2. The van der Waals surface area contributed by atoms with E-state index in [9.17, 15) is 4.39 Å². The van der Waals surface area contributed by atoms with Crippen LogP contribution in [0, 0.1) is 18.7 Å². The smallest absolute Gasteiger partial charge is 0.126 e. The molecule has 106 valence electrons. The minimum atomic E-state index is -0.153. The van der Waals surface area contributed by atoms with Crippen LogP contribution in [0.5, 0.6) is 0 Å². The molecule has 0 saturated carbocycles. The Balaban J connectivity index is 2.34. The Morgan fingerprint density at radius 1 is 1.32 bits per heavy atom. The first-order chi connectivity index (χ1) is 8.99. The van der Waals surface area contributed by atoms with Gasteiger partial charge in [0.25, 0.3) is 0 Å². The van der Waals surface area contributed by atoms with E-state index in [0.717, 1.165) is 30.3 Å². The fourth-order valence-corrected chi connectivity index (χ4v) is 2.82. The highest BCUT2D eigenvalue weighted by Crippen LogP contribution is 2.30. The first-order valence-corrected chi connectivity index (χ1v) is 7.29. The molecule has 1 fully saturated rings. The summed E-state index contributed by atoms with van der Waals surface area (Å²) in [6.07, 6.45) is 3.69. The van der Waals surface area contributed by atoms with E-state index in [-0.39, 0.29) is 11.9 Å². The highest BCUT2D eigenvalue weighted by molar-refractivity contribution is 5.57. The second kappa shape index (κ2) is 5.91. The highest BCUT2D eigenvalue weighted by atomic mass is 19.1. The molecule has 2 N–H and O–H groups in total. The zero-order valence-electron chi connectivity index (χ0n) is 12.2. The summed E-state index contributed by atoms with van der Waals surface area (Å²) < 4.78 is 13.8. The van der Waals surface area contributed by atoms with E-state index in [2.05, 4.69) is 11.8 Å². The summed E-state index contributed by atoms with van der Waals surface area (Å²) in [6.45, 7) is 8.16. The maximum Gasteiger partial charge on any atom is 0.126 e. The topological polar surface area (TPSA) is 29.3 Å². The molecule has 2 rings (SSSR count). The van der Waals surface area contributed by atoms with Crippen LogP contribution in [0.2, 0.25) is 0 Å². The number of rotatable bonds is 2. The molecule has 0 aliphatic carbocycles. The summed E-state index contributed by atoms with van der Waals surface area (Å²) in [5.41, 5.74) is 8.77. The molecule has 2 nitrogen and oxygen atoms in total. The van der Waals surface area contributed by atoms with E-state index < -0.39 is 0 Å². The van der Waals surface area contributed by atoms with Crippen molar-refractivity contribution in [2.45, 2.75) is 46.1 Å². The van der Waals surface area contributed by atoms with Crippen molar-refractivity contribution in [3.8, 4) is 0 Å². The van der Waals surface area contributed by atoms with Crippen LogP contribution in [0.15, 0.2) is 12.1 Å². The maximum absolute atomic E-state index is 13.8. The van der Waals surface area contributed by atoms with E-state index in [1.807, 2.05) is 19.9 Å². The summed E-state index contributed by atoms with van der Waals surface area (Å²) in [4.78, 5) is 2.38. The van der Waals surface area contributed by atoms with Crippen molar-refractivity contribution in [3.63, 3.8) is 0 Å². The van der Waals surface area contributed by atoms with E-state index >= 15 is 0 Å². The largest absolute Gasteiger partial charge is 0.371 e. The number of nitrogens with zero attached hydrogens (tertiary/aromatic N) is 1. The zero-order chi connectivity index (χ0) is 14.0. The Morgan fingerprint density at radius 3 is 2.74 bits per heavy atom. The lowest BCUT2D eigenvalue weighted by molar-refractivity contribution is 0.521. The number of anilines is 1. The van der Waals surface area contributed by atoms with Gasteiger partial charge in [-0.15, -0.1) is 0 Å². The van der Waals surface area contributed by atoms with Gasteiger partial charge in [-0.1, -0.05) is 6.92 Å². The number of aryl methyl sites for hydroxylation is 1. The molecule has 1 aliphatic heterocycles. The fraction of sp³-hybridized carbons (Fsp3) is 0.625. The number of nitrogens with two attached hydrogens (primary N) is 1. The van der Waals surface area contributed by atoms with Gasteiger partial charge in [-0.05, 0) is 62.3 Å². The molecule has 0 radical (unpaired) electrons. The Hall–Kier alpha value is -1.09. The molecule has 0 amide bonds. The Kier molecular flexibility index (Phi) is 4.46. The first kappa shape index (κ1) is 14.3. The van der Waals surface area contributed by atoms with Crippen LogP contribution < -0.4 is 10.6 Å². The molecule has 1 aromatic rings. The van der Waals surface area contributed by atoms with Crippen LogP contribution >= 0.6 is 0 Å². The van der Waals surface area contributed by atoms with Crippen LogP contribution in [0.3, 0.4) is 0 Å².